The zero-order valence-electron chi connectivity index (χ0n) is 15.8. The number of pyridine rings is 1. The molecule has 1 aliphatic rings. The average molecular weight is 379 g/mol. The van der Waals surface area contributed by atoms with Crippen LogP contribution in [0.1, 0.15) is 10.5 Å². The highest BCUT2D eigenvalue weighted by atomic mass is 16.5. The highest BCUT2D eigenvalue weighted by Crippen LogP contribution is 2.23. The van der Waals surface area contributed by atoms with E-state index in [1.807, 2.05) is 24.3 Å². The molecule has 0 N–H and O–H groups in total. The van der Waals surface area contributed by atoms with Crippen LogP contribution >= 0.6 is 0 Å². The highest BCUT2D eigenvalue weighted by Gasteiger charge is 2.26. The second kappa shape index (κ2) is 7.30. The van der Waals surface area contributed by atoms with E-state index in [9.17, 15) is 9.59 Å². The van der Waals surface area contributed by atoms with Crippen LogP contribution in [0.2, 0.25) is 0 Å². The van der Waals surface area contributed by atoms with Gasteiger partial charge in [-0.2, -0.15) is 5.10 Å². The lowest BCUT2D eigenvalue weighted by atomic mass is 10.1. The number of methoxy groups -OCH3 is 1. The SMILES string of the molecule is COc1cccc(N2CCN(C(=O)c3nn(C)c(=O)c4ccncc34)CC2)c1. The molecule has 1 aromatic carbocycles. The lowest BCUT2D eigenvalue weighted by Crippen LogP contribution is -2.49. The lowest BCUT2D eigenvalue weighted by Gasteiger charge is -2.36. The number of carbonyl (C=O) groups excluding carboxylic acids is 1. The minimum Gasteiger partial charge on any atom is -0.497 e. The van der Waals surface area contributed by atoms with Crippen molar-refractivity contribution in [1.82, 2.24) is 19.7 Å². The summed E-state index contributed by atoms with van der Waals surface area (Å²) in [5, 5.41) is 5.16. The Hall–Kier alpha value is -3.42. The van der Waals surface area contributed by atoms with Crippen LogP contribution in [0.25, 0.3) is 10.8 Å². The summed E-state index contributed by atoms with van der Waals surface area (Å²) in [7, 11) is 3.20. The summed E-state index contributed by atoms with van der Waals surface area (Å²) in [6.45, 7) is 2.56. The van der Waals surface area contributed by atoms with Crippen LogP contribution in [0.4, 0.5) is 5.69 Å². The quantitative estimate of drug-likeness (QED) is 0.682. The molecular weight excluding hydrogens is 358 g/mol. The number of ether oxygens (including phenoxy) is 1. The topological polar surface area (TPSA) is 80.6 Å². The maximum Gasteiger partial charge on any atom is 0.275 e. The van der Waals surface area contributed by atoms with E-state index >= 15 is 0 Å². The Labute approximate surface area is 162 Å². The second-order valence-electron chi connectivity index (χ2n) is 6.68. The molecule has 1 amide bonds. The molecule has 1 aliphatic heterocycles. The molecule has 0 radical (unpaired) electrons. The molecule has 1 saturated heterocycles. The summed E-state index contributed by atoms with van der Waals surface area (Å²) in [5.41, 5.74) is 1.10. The molecule has 8 nitrogen and oxygen atoms in total. The van der Waals surface area contributed by atoms with Crippen LogP contribution in [0, 0.1) is 0 Å². The van der Waals surface area contributed by atoms with Crippen LogP contribution < -0.4 is 15.2 Å². The fourth-order valence-corrected chi connectivity index (χ4v) is 3.48. The Morgan fingerprint density at radius 2 is 1.89 bits per heavy atom. The van der Waals surface area contributed by atoms with Crippen molar-refractivity contribution < 1.29 is 9.53 Å². The number of anilines is 1. The van der Waals surface area contributed by atoms with Gasteiger partial charge in [-0.25, -0.2) is 4.68 Å². The van der Waals surface area contributed by atoms with E-state index in [4.69, 9.17) is 4.74 Å². The number of hydrogen-bond donors (Lipinski definition) is 0. The van der Waals surface area contributed by atoms with Gasteiger partial charge < -0.3 is 14.5 Å². The number of piperazine rings is 1. The molecule has 3 heterocycles. The molecule has 0 atom stereocenters. The molecule has 4 rings (SSSR count). The van der Waals surface area contributed by atoms with Crippen molar-refractivity contribution >= 4 is 22.4 Å². The molecule has 0 aliphatic carbocycles. The van der Waals surface area contributed by atoms with Gasteiger partial charge in [-0.3, -0.25) is 14.6 Å². The number of amides is 1. The summed E-state index contributed by atoms with van der Waals surface area (Å²) in [6.07, 6.45) is 3.08. The zero-order valence-corrected chi connectivity index (χ0v) is 15.8. The minimum atomic E-state index is -0.239. The molecule has 8 heteroatoms. The van der Waals surface area contributed by atoms with Crippen LogP contribution in [0.3, 0.4) is 0 Å². The van der Waals surface area contributed by atoms with Gasteiger partial charge in [0.25, 0.3) is 11.5 Å². The second-order valence-corrected chi connectivity index (χ2v) is 6.68. The van der Waals surface area contributed by atoms with Gasteiger partial charge in [0.05, 0.1) is 12.5 Å². The lowest BCUT2D eigenvalue weighted by molar-refractivity contribution is 0.0740. The number of rotatable bonds is 3. The van der Waals surface area contributed by atoms with Crippen molar-refractivity contribution in [2.45, 2.75) is 0 Å². The first kappa shape index (κ1) is 18.0. The van der Waals surface area contributed by atoms with Gasteiger partial charge in [-0.15, -0.1) is 0 Å². The number of nitrogens with zero attached hydrogens (tertiary/aromatic N) is 5. The van der Waals surface area contributed by atoms with E-state index in [1.165, 1.54) is 10.9 Å². The van der Waals surface area contributed by atoms with Crippen molar-refractivity contribution in [2.24, 2.45) is 7.05 Å². The van der Waals surface area contributed by atoms with E-state index in [1.54, 1.807) is 31.3 Å². The van der Waals surface area contributed by atoms with Gasteiger partial charge in [0.15, 0.2) is 5.69 Å². The largest absolute Gasteiger partial charge is 0.497 e. The fraction of sp³-hybridized carbons (Fsp3) is 0.300. The Bertz CT molecular complexity index is 1090. The summed E-state index contributed by atoms with van der Waals surface area (Å²) >= 11 is 0. The Kier molecular flexibility index (Phi) is 4.68. The molecule has 28 heavy (non-hydrogen) atoms. The Balaban J connectivity index is 1.56. The molecule has 3 aromatic rings. The third-order valence-corrected chi connectivity index (χ3v) is 5.04. The first-order valence-corrected chi connectivity index (χ1v) is 9.08. The maximum atomic E-state index is 13.1. The maximum absolute atomic E-state index is 13.1. The van der Waals surface area contributed by atoms with E-state index in [0.717, 1.165) is 11.4 Å². The number of hydrogen-bond acceptors (Lipinski definition) is 6. The number of aromatic nitrogens is 3. The molecule has 0 spiro atoms. The minimum absolute atomic E-state index is 0.182. The predicted molar refractivity (Wildman–Crippen MR) is 106 cm³/mol. The van der Waals surface area contributed by atoms with Crippen molar-refractivity contribution in [2.75, 3.05) is 38.2 Å². The zero-order chi connectivity index (χ0) is 19.7. The van der Waals surface area contributed by atoms with Crippen molar-refractivity contribution in [3.63, 3.8) is 0 Å². The fourth-order valence-electron chi connectivity index (χ4n) is 3.48. The van der Waals surface area contributed by atoms with E-state index in [2.05, 4.69) is 15.0 Å². The standard InChI is InChI=1S/C20H21N5O3/c1-23-19(26)16-6-7-21-13-17(16)18(22-23)20(27)25-10-8-24(9-11-25)14-4-3-5-15(12-14)28-2/h3-7,12-13H,8-11H2,1-2H3. The molecule has 2 aromatic heterocycles. The molecule has 1 fully saturated rings. The van der Waals surface area contributed by atoms with Crippen molar-refractivity contribution in [1.29, 1.82) is 0 Å². The Morgan fingerprint density at radius 3 is 2.64 bits per heavy atom. The smallest absolute Gasteiger partial charge is 0.275 e. The summed E-state index contributed by atoms with van der Waals surface area (Å²) < 4.78 is 6.50. The van der Waals surface area contributed by atoms with Crippen molar-refractivity contribution in [3.05, 3.63) is 58.8 Å². The monoisotopic (exact) mass is 379 g/mol. The first-order valence-electron chi connectivity index (χ1n) is 9.08. The van der Waals surface area contributed by atoms with Gasteiger partial charge in [0.2, 0.25) is 0 Å². The molecule has 0 bridgehead atoms. The van der Waals surface area contributed by atoms with Crippen molar-refractivity contribution in [3.8, 4) is 5.75 Å². The normalized spacial score (nSPS) is 14.4. The summed E-state index contributed by atoms with van der Waals surface area (Å²) in [4.78, 5) is 33.4. The number of benzene rings is 1. The van der Waals surface area contributed by atoms with Crippen LogP contribution in [0.15, 0.2) is 47.5 Å². The van der Waals surface area contributed by atoms with E-state index < -0.39 is 0 Å². The van der Waals surface area contributed by atoms with Gasteiger partial charge >= 0.3 is 0 Å². The summed E-state index contributed by atoms with van der Waals surface area (Å²) in [5.74, 6) is 0.628. The average Bonchev–Trinajstić information content (AvgIpc) is 2.76. The molecule has 0 unspecified atom stereocenters. The molecule has 144 valence electrons. The first-order chi connectivity index (χ1) is 13.6. The number of fused-ring (bicyclic) bond motifs is 1. The Morgan fingerprint density at radius 1 is 1.11 bits per heavy atom. The third kappa shape index (κ3) is 3.17. The van der Waals surface area contributed by atoms with Gasteiger partial charge in [-0.1, -0.05) is 6.07 Å². The van der Waals surface area contributed by atoms with E-state index in [-0.39, 0.29) is 17.2 Å². The molecular formula is C20H21N5O3. The van der Waals surface area contributed by atoms with E-state index in [0.29, 0.717) is 37.0 Å². The number of aryl methyl sites for hydroxylation is 1. The highest BCUT2D eigenvalue weighted by molar-refractivity contribution is 6.04. The van der Waals surface area contributed by atoms with Gasteiger partial charge in [0.1, 0.15) is 5.75 Å². The van der Waals surface area contributed by atoms with Gasteiger partial charge in [-0.05, 0) is 18.2 Å². The van der Waals surface area contributed by atoms with Crippen LogP contribution in [-0.2, 0) is 7.05 Å². The van der Waals surface area contributed by atoms with Crippen LogP contribution in [-0.4, -0.2) is 58.9 Å². The molecule has 0 saturated carbocycles. The summed E-state index contributed by atoms with van der Waals surface area (Å²) in [6, 6.07) is 9.52. The van der Waals surface area contributed by atoms with Crippen LogP contribution in [0.5, 0.6) is 5.75 Å². The third-order valence-electron chi connectivity index (χ3n) is 5.04. The predicted octanol–water partition coefficient (Wildman–Crippen LogP) is 1.30. The van der Waals surface area contributed by atoms with Gasteiger partial charge in [0, 0.05) is 62.8 Å². The number of carbonyl (C=O) groups is 1.